The molecule has 1 fully saturated rings. The van der Waals surface area contributed by atoms with Gasteiger partial charge in [-0.25, -0.2) is 4.39 Å². The molecule has 0 saturated carbocycles. The zero-order valence-corrected chi connectivity index (χ0v) is 12.2. The van der Waals surface area contributed by atoms with Crippen molar-refractivity contribution in [2.75, 3.05) is 13.1 Å². The summed E-state index contributed by atoms with van der Waals surface area (Å²) in [4.78, 5) is 17.1. The van der Waals surface area contributed by atoms with Crippen LogP contribution in [0.1, 0.15) is 31.2 Å². The van der Waals surface area contributed by atoms with Crippen LogP contribution >= 0.6 is 0 Å². The van der Waals surface area contributed by atoms with Gasteiger partial charge in [0.05, 0.1) is 11.1 Å². The SMILES string of the molecule is O=C(O)C1(CC2CC(c3ccc(F)cc3)=NO2)CCCNC1. The molecule has 0 bridgehead atoms. The predicted molar refractivity (Wildman–Crippen MR) is 79.2 cm³/mol. The van der Waals surface area contributed by atoms with Gasteiger partial charge in [0, 0.05) is 19.4 Å². The standard InChI is InChI=1S/C16H19FN2O3/c17-12-4-2-11(3-5-12)14-8-13(22-19-14)9-16(15(20)21)6-1-7-18-10-16/h2-5,13,18H,1,6-10H2,(H,20,21). The molecule has 0 amide bonds. The van der Waals surface area contributed by atoms with E-state index in [2.05, 4.69) is 10.5 Å². The zero-order chi connectivity index (χ0) is 15.6. The average Bonchev–Trinajstić information content (AvgIpc) is 2.97. The summed E-state index contributed by atoms with van der Waals surface area (Å²) in [6, 6.07) is 6.09. The molecule has 1 aromatic rings. The zero-order valence-electron chi connectivity index (χ0n) is 12.2. The van der Waals surface area contributed by atoms with Crippen molar-refractivity contribution in [3.63, 3.8) is 0 Å². The molecule has 1 saturated heterocycles. The van der Waals surface area contributed by atoms with Gasteiger partial charge in [-0.15, -0.1) is 0 Å². The van der Waals surface area contributed by atoms with Gasteiger partial charge < -0.3 is 15.3 Å². The van der Waals surface area contributed by atoms with Crippen LogP contribution in [-0.4, -0.2) is 36.0 Å². The van der Waals surface area contributed by atoms with Crippen molar-refractivity contribution in [2.24, 2.45) is 10.6 Å². The van der Waals surface area contributed by atoms with Crippen LogP contribution in [0.3, 0.4) is 0 Å². The van der Waals surface area contributed by atoms with Gasteiger partial charge in [0.15, 0.2) is 0 Å². The fourth-order valence-electron chi connectivity index (χ4n) is 3.20. The Morgan fingerprint density at radius 2 is 2.23 bits per heavy atom. The lowest BCUT2D eigenvalue weighted by Gasteiger charge is -2.34. The smallest absolute Gasteiger partial charge is 0.311 e. The van der Waals surface area contributed by atoms with E-state index >= 15 is 0 Å². The van der Waals surface area contributed by atoms with Crippen molar-refractivity contribution in [2.45, 2.75) is 31.8 Å². The van der Waals surface area contributed by atoms with E-state index in [4.69, 9.17) is 4.84 Å². The van der Waals surface area contributed by atoms with Crippen LogP contribution in [-0.2, 0) is 9.63 Å². The van der Waals surface area contributed by atoms with E-state index in [-0.39, 0.29) is 11.9 Å². The summed E-state index contributed by atoms with van der Waals surface area (Å²) in [6.07, 6.45) is 2.26. The number of halogens is 1. The number of carbonyl (C=O) groups is 1. The molecule has 2 aliphatic heterocycles. The van der Waals surface area contributed by atoms with E-state index in [1.807, 2.05) is 0 Å². The van der Waals surface area contributed by atoms with E-state index in [1.165, 1.54) is 12.1 Å². The Bertz CT molecular complexity index is 580. The Morgan fingerprint density at radius 1 is 1.45 bits per heavy atom. The Morgan fingerprint density at radius 3 is 2.86 bits per heavy atom. The Kier molecular flexibility index (Phi) is 4.11. The Labute approximate surface area is 128 Å². The van der Waals surface area contributed by atoms with Gasteiger partial charge in [-0.1, -0.05) is 17.3 Å². The third-order valence-corrected chi connectivity index (χ3v) is 4.45. The lowest BCUT2D eigenvalue weighted by molar-refractivity contribution is -0.152. The van der Waals surface area contributed by atoms with Crippen molar-refractivity contribution < 1.29 is 19.1 Å². The number of piperidine rings is 1. The molecule has 22 heavy (non-hydrogen) atoms. The second kappa shape index (κ2) is 6.04. The van der Waals surface area contributed by atoms with Crippen molar-refractivity contribution in [1.29, 1.82) is 0 Å². The van der Waals surface area contributed by atoms with Gasteiger partial charge in [0.1, 0.15) is 11.9 Å². The first-order chi connectivity index (χ1) is 10.6. The molecule has 0 radical (unpaired) electrons. The molecule has 0 spiro atoms. The minimum absolute atomic E-state index is 0.240. The quantitative estimate of drug-likeness (QED) is 0.894. The number of nitrogens with zero attached hydrogens (tertiary/aromatic N) is 1. The first-order valence-electron chi connectivity index (χ1n) is 7.52. The molecule has 2 atom stereocenters. The molecule has 2 aliphatic rings. The number of aliphatic carboxylic acids is 1. The number of carboxylic acid groups (broad SMARTS) is 1. The van der Waals surface area contributed by atoms with Crippen molar-refractivity contribution in [1.82, 2.24) is 5.32 Å². The monoisotopic (exact) mass is 306 g/mol. The molecular formula is C16H19FN2O3. The number of nitrogens with one attached hydrogen (secondary N) is 1. The summed E-state index contributed by atoms with van der Waals surface area (Å²) in [5.74, 6) is -1.07. The summed E-state index contributed by atoms with van der Waals surface area (Å²) in [6.45, 7) is 1.33. The molecule has 2 heterocycles. The number of oxime groups is 1. The van der Waals surface area contributed by atoms with Crippen LogP contribution in [0.25, 0.3) is 0 Å². The van der Waals surface area contributed by atoms with Crippen molar-refractivity contribution >= 4 is 11.7 Å². The first kappa shape index (κ1) is 15.0. The van der Waals surface area contributed by atoms with E-state index in [0.29, 0.717) is 25.8 Å². The van der Waals surface area contributed by atoms with Gasteiger partial charge in [-0.05, 0) is 37.1 Å². The fraction of sp³-hybridized carbons (Fsp3) is 0.500. The number of benzene rings is 1. The van der Waals surface area contributed by atoms with Gasteiger partial charge in [-0.2, -0.15) is 0 Å². The summed E-state index contributed by atoms with van der Waals surface area (Å²) in [5.41, 5.74) is 0.779. The highest BCUT2D eigenvalue weighted by Crippen LogP contribution is 2.35. The molecule has 5 nitrogen and oxygen atoms in total. The van der Waals surface area contributed by atoms with Crippen LogP contribution in [0.15, 0.2) is 29.4 Å². The molecule has 1 aromatic carbocycles. The Hall–Kier alpha value is -1.95. The molecule has 2 unspecified atom stereocenters. The van der Waals surface area contributed by atoms with E-state index in [1.54, 1.807) is 12.1 Å². The average molecular weight is 306 g/mol. The predicted octanol–water partition coefficient (Wildman–Crippen LogP) is 2.16. The van der Waals surface area contributed by atoms with Gasteiger partial charge in [0.25, 0.3) is 0 Å². The number of hydrogen-bond donors (Lipinski definition) is 2. The molecule has 0 aromatic heterocycles. The second-order valence-corrected chi connectivity index (χ2v) is 6.05. The van der Waals surface area contributed by atoms with Crippen LogP contribution in [0, 0.1) is 11.2 Å². The highest BCUT2D eigenvalue weighted by atomic mass is 19.1. The molecule has 6 heteroatoms. The maximum atomic E-state index is 13.0. The van der Waals surface area contributed by atoms with Gasteiger partial charge in [0.2, 0.25) is 0 Å². The van der Waals surface area contributed by atoms with Crippen molar-refractivity contribution in [3.05, 3.63) is 35.6 Å². The number of rotatable bonds is 4. The highest BCUT2D eigenvalue weighted by molar-refractivity contribution is 6.01. The summed E-state index contributed by atoms with van der Waals surface area (Å²) in [7, 11) is 0. The molecule has 2 N–H and O–H groups in total. The van der Waals surface area contributed by atoms with Gasteiger partial charge >= 0.3 is 5.97 Å². The van der Waals surface area contributed by atoms with E-state index in [0.717, 1.165) is 24.2 Å². The van der Waals surface area contributed by atoms with Gasteiger partial charge in [-0.3, -0.25) is 4.79 Å². The summed E-state index contributed by atoms with van der Waals surface area (Å²) < 4.78 is 13.0. The van der Waals surface area contributed by atoms with E-state index < -0.39 is 11.4 Å². The topological polar surface area (TPSA) is 70.9 Å². The molecular weight excluding hydrogens is 287 g/mol. The lowest BCUT2D eigenvalue weighted by Crippen LogP contribution is -2.47. The highest BCUT2D eigenvalue weighted by Gasteiger charge is 2.43. The Balaban J connectivity index is 1.66. The molecule has 3 rings (SSSR count). The molecule has 0 aliphatic carbocycles. The maximum absolute atomic E-state index is 13.0. The summed E-state index contributed by atoms with van der Waals surface area (Å²) >= 11 is 0. The minimum Gasteiger partial charge on any atom is -0.481 e. The fourth-order valence-corrected chi connectivity index (χ4v) is 3.20. The summed E-state index contributed by atoms with van der Waals surface area (Å²) in [5, 5.41) is 16.8. The number of hydrogen-bond acceptors (Lipinski definition) is 4. The third-order valence-electron chi connectivity index (χ3n) is 4.45. The minimum atomic E-state index is -0.781. The van der Waals surface area contributed by atoms with E-state index in [9.17, 15) is 14.3 Å². The lowest BCUT2D eigenvalue weighted by atomic mass is 9.75. The third kappa shape index (κ3) is 2.97. The van der Waals surface area contributed by atoms with Crippen molar-refractivity contribution in [3.8, 4) is 0 Å². The van der Waals surface area contributed by atoms with Crippen LogP contribution in [0.4, 0.5) is 4.39 Å². The van der Waals surface area contributed by atoms with Crippen LogP contribution in [0.5, 0.6) is 0 Å². The number of carboxylic acids is 1. The first-order valence-corrected chi connectivity index (χ1v) is 7.52. The largest absolute Gasteiger partial charge is 0.481 e. The van der Waals surface area contributed by atoms with Crippen LogP contribution < -0.4 is 5.32 Å². The normalized spacial score (nSPS) is 28.0. The molecule has 118 valence electrons. The second-order valence-electron chi connectivity index (χ2n) is 6.05. The maximum Gasteiger partial charge on any atom is 0.311 e. The van der Waals surface area contributed by atoms with Crippen LogP contribution in [0.2, 0.25) is 0 Å².